The van der Waals surface area contributed by atoms with Gasteiger partial charge in [0.25, 0.3) is 5.91 Å². The van der Waals surface area contributed by atoms with Crippen LogP contribution in [0.15, 0.2) is 36.5 Å². The van der Waals surface area contributed by atoms with Gasteiger partial charge in [0.1, 0.15) is 11.6 Å². The lowest BCUT2D eigenvalue weighted by Gasteiger charge is -2.07. The topological polar surface area (TPSA) is 65.8 Å². The zero-order chi connectivity index (χ0) is 13.8. The minimum atomic E-state index is -0.623. The fraction of sp³-hybridized carbons (Fsp3) is 0.0714. The fourth-order valence-electron chi connectivity index (χ4n) is 1.58. The van der Waals surface area contributed by atoms with Crippen molar-refractivity contribution in [3.05, 3.63) is 59.0 Å². The molecule has 1 aromatic heterocycles. The lowest BCUT2D eigenvalue weighted by Crippen LogP contribution is -2.14. The second kappa shape index (κ2) is 5.27. The van der Waals surface area contributed by atoms with E-state index in [9.17, 15) is 9.18 Å². The number of carbonyl (C=O) groups is 1. The summed E-state index contributed by atoms with van der Waals surface area (Å²) >= 11 is 0. The highest BCUT2D eigenvalue weighted by Gasteiger charge is 2.11. The molecule has 0 radical (unpaired) electrons. The number of carbonyl (C=O) groups excluding carboxylic acids is 1. The molecule has 0 atom stereocenters. The lowest BCUT2D eigenvalue weighted by atomic mass is 10.1. The molecule has 0 saturated carbocycles. The number of hydrogen-bond donors (Lipinski definition) is 1. The number of nitrogens with one attached hydrogen (secondary N) is 1. The first-order chi connectivity index (χ1) is 9.10. The Kier molecular flexibility index (Phi) is 3.53. The van der Waals surface area contributed by atoms with Gasteiger partial charge in [-0.25, -0.2) is 9.37 Å². The number of nitrogens with zero attached hydrogens (tertiary/aromatic N) is 2. The predicted octanol–water partition coefficient (Wildman–Crippen LogP) is 2.65. The summed E-state index contributed by atoms with van der Waals surface area (Å²) in [5, 5.41) is 11.3. The first-order valence-electron chi connectivity index (χ1n) is 5.54. The molecule has 0 aliphatic carbocycles. The van der Waals surface area contributed by atoms with Gasteiger partial charge in [0, 0.05) is 11.8 Å². The molecule has 0 fully saturated rings. The Morgan fingerprint density at radius 1 is 1.42 bits per heavy atom. The maximum absolute atomic E-state index is 13.2. The first-order valence-corrected chi connectivity index (χ1v) is 5.54. The van der Waals surface area contributed by atoms with Crippen LogP contribution in [0.3, 0.4) is 0 Å². The van der Waals surface area contributed by atoms with Crippen molar-refractivity contribution in [2.75, 3.05) is 5.32 Å². The van der Waals surface area contributed by atoms with Crippen molar-refractivity contribution < 1.29 is 9.18 Å². The number of aryl methyl sites for hydroxylation is 1. The third-order valence-corrected chi connectivity index (χ3v) is 2.53. The van der Waals surface area contributed by atoms with E-state index in [1.54, 1.807) is 31.3 Å². The highest BCUT2D eigenvalue weighted by molar-refractivity contribution is 6.04. The Morgan fingerprint density at radius 3 is 2.89 bits per heavy atom. The molecule has 1 amide bonds. The molecule has 0 bridgehead atoms. The van der Waals surface area contributed by atoms with Gasteiger partial charge in [-0.15, -0.1) is 0 Å². The van der Waals surface area contributed by atoms with Crippen molar-refractivity contribution in [2.45, 2.75) is 6.92 Å². The largest absolute Gasteiger partial charge is 0.306 e. The van der Waals surface area contributed by atoms with E-state index >= 15 is 0 Å². The summed E-state index contributed by atoms with van der Waals surface area (Å²) in [6, 6.07) is 8.83. The molecule has 94 valence electrons. The Balaban J connectivity index is 2.28. The second-order valence-electron chi connectivity index (χ2n) is 3.96. The van der Waals surface area contributed by atoms with Crippen LogP contribution in [0.5, 0.6) is 0 Å². The third kappa shape index (κ3) is 2.93. The summed E-state index contributed by atoms with van der Waals surface area (Å²) in [5.41, 5.74) is 0.984. The molecule has 5 heteroatoms. The summed E-state index contributed by atoms with van der Waals surface area (Å²) < 4.78 is 13.2. The number of anilines is 1. The standard InChI is InChI=1S/C14H10FN3O/c1-9-3-2-4-17-13(9)18-14(19)11-5-10(8-16)6-12(15)7-11/h2-7H,1H3,(H,17,18,19). The van der Waals surface area contributed by atoms with Crippen LogP contribution in [0.1, 0.15) is 21.5 Å². The number of pyridine rings is 1. The van der Waals surface area contributed by atoms with Gasteiger partial charge in [-0.3, -0.25) is 4.79 Å². The van der Waals surface area contributed by atoms with E-state index in [4.69, 9.17) is 5.26 Å². The number of rotatable bonds is 2. The van der Waals surface area contributed by atoms with Crippen LogP contribution in [0.2, 0.25) is 0 Å². The molecule has 19 heavy (non-hydrogen) atoms. The van der Waals surface area contributed by atoms with Crippen LogP contribution in [0.4, 0.5) is 10.2 Å². The monoisotopic (exact) mass is 255 g/mol. The van der Waals surface area contributed by atoms with Gasteiger partial charge in [0.05, 0.1) is 11.6 Å². The number of hydrogen-bond acceptors (Lipinski definition) is 3. The van der Waals surface area contributed by atoms with Crippen LogP contribution in [-0.2, 0) is 0 Å². The fourth-order valence-corrected chi connectivity index (χ4v) is 1.58. The van der Waals surface area contributed by atoms with Crippen LogP contribution >= 0.6 is 0 Å². The Hall–Kier alpha value is -2.74. The van der Waals surface area contributed by atoms with E-state index in [0.29, 0.717) is 5.82 Å². The normalized spacial score (nSPS) is 9.74. The number of benzene rings is 1. The molecule has 0 spiro atoms. The van der Waals surface area contributed by atoms with Gasteiger partial charge in [0.2, 0.25) is 0 Å². The summed E-state index contributed by atoms with van der Waals surface area (Å²) in [6.07, 6.45) is 1.55. The summed E-state index contributed by atoms with van der Waals surface area (Å²) in [6.45, 7) is 1.80. The van der Waals surface area contributed by atoms with E-state index in [0.717, 1.165) is 17.7 Å². The molecule has 0 aliphatic heterocycles. The minimum absolute atomic E-state index is 0.0848. The molecule has 0 unspecified atom stereocenters. The SMILES string of the molecule is Cc1cccnc1NC(=O)c1cc(F)cc(C#N)c1. The first kappa shape index (κ1) is 12.7. The number of nitriles is 1. The van der Waals surface area contributed by atoms with E-state index in [2.05, 4.69) is 10.3 Å². The summed E-state index contributed by atoms with van der Waals surface area (Å²) in [4.78, 5) is 16.0. The van der Waals surface area contributed by atoms with Gasteiger partial charge in [0.15, 0.2) is 0 Å². The van der Waals surface area contributed by atoms with Gasteiger partial charge in [-0.1, -0.05) is 6.07 Å². The molecular weight excluding hydrogens is 245 g/mol. The predicted molar refractivity (Wildman–Crippen MR) is 68.0 cm³/mol. The minimum Gasteiger partial charge on any atom is -0.306 e. The lowest BCUT2D eigenvalue weighted by molar-refractivity contribution is 0.102. The smallest absolute Gasteiger partial charge is 0.256 e. The highest BCUT2D eigenvalue weighted by atomic mass is 19.1. The van der Waals surface area contributed by atoms with Gasteiger partial charge in [-0.05, 0) is 36.8 Å². The number of halogens is 1. The zero-order valence-electron chi connectivity index (χ0n) is 10.1. The molecule has 1 heterocycles. The molecule has 4 nitrogen and oxygen atoms in total. The van der Waals surface area contributed by atoms with Crippen molar-refractivity contribution in [3.8, 4) is 6.07 Å². The molecular formula is C14H10FN3O. The quantitative estimate of drug-likeness (QED) is 0.897. The van der Waals surface area contributed by atoms with Crippen molar-refractivity contribution >= 4 is 11.7 Å². The van der Waals surface area contributed by atoms with E-state index < -0.39 is 11.7 Å². The Bertz CT molecular complexity index is 677. The second-order valence-corrected chi connectivity index (χ2v) is 3.96. The zero-order valence-corrected chi connectivity index (χ0v) is 10.1. The molecule has 2 rings (SSSR count). The van der Waals surface area contributed by atoms with E-state index in [-0.39, 0.29) is 11.1 Å². The van der Waals surface area contributed by atoms with E-state index in [1.807, 2.05) is 0 Å². The average molecular weight is 255 g/mol. The third-order valence-electron chi connectivity index (χ3n) is 2.53. The molecule has 1 N–H and O–H groups in total. The molecule has 2 aromatic rings. The maximum atomic E-state index is 13.2. The van der Waals surface area contributed by atoms with Gasteiger partial charge < -0.3 is 5.32 Å². The molecule has 0 aliphatic rings. The van der Waals surface area contributed by atoms with Crippen molar-refractivity contribution in [1.29, 1.82) is 5.26 Å². The summed E-state index contributed by atoms with van der Waals surface area (Å²) in [7, 11) is 0. The number of aromatic nitrogens is 1. The van der Waals surface area contributed by atoms with Crippen LogP contribution in [0.25, 0.3) is 0 Å². The van der Waals surface area contributed by atoms with Gasteiger partial charge in [-0.2, -0.15) is 5.26 Å². The molecule has 1 aromatic carbocycles. The number of amides is 1. The van der Waals surface area contributed by atoms with Gasteiger partial charge >= 0.3 is 0 Å². The van der Waals surface area contributed by atoms with Crippen molar-refractivity contribution in [1.82, 2.24) is 4.98 Å². The Morgan fingerprint density at radius 2 is 2.21 bits per heavy atom. The van der Waals surface area contributed by atoms with Crippen molar-refractivity contribution in [3.63, 3.8) is 0 Å². The van der Waals surface area contributed by atoms with Crippen LogP contribution in [0, 0.1) is 24.1 Å². The maximum Gasteiger partial charge on any atom is 0.256 e. The molecule has 0 saturated heterocycles. The van der Waals surface area contributed by atoms with Crippen molar-refractivity contribution in [2.24, 2.45) is 0 Å². The van der Waals surface area contributed by atoms with E-state index in [1.165, 1.54) is 6.07 Å². The summed E-state index contributed by atoms with van der Waals surface area (Å²) in [5.74, 6) is -0.713. The van der Waals surface area contributed by atoms with Crippen LogP contribution < -0.4 is 5.32 Å². The van der Waals surface area contributed by atoms with Crippen LogP contribution in [-0.4, -0.2) is 10.9 Å². The average Bonchev–Trinajstić information content (AvgIpc) is 2.40. The Labute approximate surface area is 109 Å². The highest BCUT2D eigenvalue weighted by Crippen LogP contribution is 2.13.